The van der Waals surface area contributed by atoms with Gasteiger partial charge in [-0.2, -0.15) is 0 Å². The average molecular weight is 536 g/mol. The highest BCUT2D eigenvalue weighted by Crippen LogP contribution is 2.30. The molecule has 176 valence electrons. The number of rotatable bonds is 8. The molecule has 0 aromatic heterocycles. The summed E-state index contributed by atoms with van der Waals surface area (Å²) in [6.07, 6.45) is 0. The van der Waals surface area contributed by atoms with Crippen molar-refractivity contribution in [1.29, 1.82) is 0 Å². The summed E-state index contributed by atoms with van der Waals surface area (Å²) >= 11 is 3.36. The molecule has 3 rings (SSSR count). The third kappa shape index (κ3) is 5.44. The lowest BCUT2D eigenvalue weighted by molar-refractivity contribution is -0.140. The van der Waals surface area contributed by atoms with Crippen molar-refractivity contribution in [3.63, 3.8) is 0 Å². The molecule has 3 amide bonds. The maximum absolute atomic E-state index is 13.3. The lowest BCUT2D eigenvalue weighted by Gasteiger charge is -2.30. The minimum Gasteiger partial charge on any atom is -0.354 e. The molecular weight excluding hydrogens is 510 g/mol. The molecule has 1 atom stereocenters. The second kappa shape index (κ2) is 10.0. The van der Waals surface area contributed by atoms with Crippen LogP contribution in [0, 0.1) is 5.92 Å². The van der Waals surface area contributed by atoms with Gasteiger partial charge in [0.05, 0.1) is 5.56 Å². The van der Waals surface area contributed by atoms with Gasteiger partial charge in [-0.05, 0) is 42.7 Å². The molecule has 2 aromatic carbocycles. The van der Waals surface area contributed by atoms with Crippen LogP contribution in [0.2, 0.25) is 0 Å². The number of sulfonamides is 1. The van der Waals surface area contributed by atoms with Crippen LogP contribution in [0.3, 0.4) is 0 Å². The predicted octanol–water partition coefficient (Wildman–Crippen LogP) is 2.78. The molecule has 1 N–H and O–H groups in total. The Hall–Kier alpha value is -2.72. The van der Waals surface area contributed by atoms with Gasteiger partial charge in [0.25, 0.3) is 15.9 Å². The highest BCUT2D eigenvalue weighted by Gasteiger charge is 2.43. The fourth-order valence-corrected chi connectivity index (χ4v) is 5.21. The molecule has 0 saturated carbocycles. The summed E-state index contributed by atoms with van der Waals surface area (Å²) in [5.41, 5.74) is 0.793. The maximum Gasteiger partial charge on any atom is 0.269 e. The molecule has 1 aliphatic rings. The van der Waals surface area contributed by atoms with Crippen LogP contribution in [0.4, 0.5) is 0 Å². The highest BCUT2D eigenvalue weighted by molar-refractivity contribution is 9.10. The number of benzene rings is 2. The van der Waals surface area contributed by atoms with E-state index in [2.05, 4.69) is 21.2 Å². The molecule has 0 fully saturated rings. The molecule has 0 spiro atoms. The summed E-state index contributed by atoms with van der Waals surface area (Å²) in [4.78, 5) is 40.0. The van der Waals surface area contributed by atoms with Crippen LogP contribution in [0.5, 0.6) is 0 Å². The summed E-state index contributed by atoms with van der Waals surface area (Å²) in [7, 11) is -4.14. The second-order valence-corrected chi connectivity index (χ2v) is 11.0. The zero-order chi connectivity index (χ0) is 24.3. The van der Waals surface area contributed by atoms with E-state index in [9.17, 15) is 22.8 Å². The van der Waals surface area contributed by atoms with Gasteiger partial charge in [-0.1, -0.05) is 54.0 Å². The van der Waals surface area contributed by atoms with Gasteiger partial charge in [-0.25, -0.2) is 12.7 Å². The third-order valence-electron chi connectivity index (χ3n) is 5.31. The van der Waals surface area contributed by atoms with Crippen LogP contribution in [-0.2, 0) is 26.2 Å². The Labute approximate surface area is 202 Å². The minimum atomic E-state index is -4.14. The molecule has 1 aliphatic heterocycles. The Morgan fingerprint density at radius 3 is 2.30 bits per heavy atom. The SMILES string of the molecule is CC(C)CNC(=O)[C@H](C)N(Cc1ccc(Br)cc1)C(=O)CN1C(=O)c2ccccc2S1(=O)=O. The van der Waals surface area contributed by atoms with E-state index in [1.807, 2.05) is 26.0 Å². The van der Waals surface area contributed by atoms with Crippen LogP contribution in [0.1, 0.15) is 36.7 Å². The first-order valence-electron chi connectivity index (χ1n) is 10.5. The number of amides is 3. The van der Waals surface area contributed by atoms with Crippen LogP contribution in [-0.4, -0.2) is 54.5 Å². The third-order valence-corrected chi connectivity index (χ3v) is 7.62. The second-order valence-electron chi connectivity index (χ2n) is 8.28. The van der Waals surface area contributed by atoms with Crippen LogP contribution in [0.25, 0.3) is 0 Å². The van der Waals surface area contributed by atoms with E-state index < -0.39 is 34.4 Å². The van der Waals surface area contributed by atoms with Crippen LogP contribution >= 0.6 is 15.9 Å². The lowest BCUT2D eigenvalue weighted by Crippen LogP contribution is -2.51. The Morgan fingerprint density at radius 2 is 1.70 bits per heavy atom. The molecule has 0 aliphatic carbocycles. The van der Waals surface area contributed by atoms with E-state index in [1.165, 1.54) is 23.1 Å². The molecule has 0 saturated heterocycles. The van der Waals surface area contributed by atoms with E-state index in [0.717, 1.165) is 10.0 Å². The Bertz CT molecular complexity index is 1160. The normalized spacial score (nSPS) is 15.3. The summed E-state index contributed by atoms with van der Waals surface area (Å²) < 4.78 is 27.2. The van der Waals surface area contributed by atoms with Gasteiger partial charge < -0.3 is 10.2 Å². The van der Waals surface area contributed by atoms with Gasteiger partial charge >= 0.3 is 0 Å². The molecule has 8 nitrogen and oxygen atoms in total. The van der Waals surface area contributed by atoms with E-state index >= 15 is 0 Å². The average Bonchev–Trinajstić information content (AvgIpc) is 2.97. The summed E-state index contributed by atoms with van der Waals surface area (Å²) in [5, 5.41) is 2.81. The largest absolute Gasteiger partial charge is 0.354 e. The number of hydrogen-bond acceptors (Lipinski definition) is 5. The fraction of sp³-hybridized carbons (Fsp3) is 0.348. The van der Waals surface area contributed by atoms with Crippen molar-refractivity contribution in [2.24, 2.45) is 5.92 Å². The number of halogens is 1. The molecule has 10 heteroatoms. The van der Waals surface area contributed by atoms with Gasteiger partial charge in [0, 0.05) is 17.6 Å². The van der Waals surface area contributed by atoms with Crippen molar-refractivity contribution in [3.8, 4) is 0 Å². The molecule has 0 unspecified atom stereocenters. The van der Waals surface area contributed by atoms with E-state index in [4.69, 9.17) is 0 Å². The maximum atomic E-state index is 13.3. The van der Waals surface area contributed by atoms with Crippen molar-refractivity contribution in [3.05, 3.63) is 64.1 Å². The van der Waals surface area contributed by atoms with E-state index in [1.54, 1.807) is 25.1 Å². The minimum absolute atomic E-state index is 0.0347. The fourth-order valence-electron chi connectivity index (χ4n) is 3.42. The quantitative estimate of drug-likeness (QED) is 0.559. The van der Waals surface area contributed by atoms with Gasteiger partial charge in [0.1, 0.15) is 17.5 Å². The highest BCUT2D eigenvalue weighted by atomic mass is 79.9. The number of nitrogens with one attached hydrogen (secondary N) is 1. The first kappa shape index (κ1) is 24.9. The van der Waals surface area contributed by atoms with Gasteiger partial charge in [-0.15, -0.1) is 0 Å². The van der Waals surface area contributed by atoms with Gasteiger partial charge in [-0.3, -0.25) is 14.4 Å². The first-order chi connectivity index (χ1) is 15.5. The van der Waals surface area contributed by atoms with E-state index in [-0.39, 0.29) is 28.8 Å². The Kier molecular flexibility index (Phi) is 7.58. The number of carbonyl (C=O) groups excluding carboxylic acids is 3. The van der Waals surface area contributed by atoms with Crippen molar-refractivity contribution in [2.45, 2.75) is 38.3 Å². The van der Waals surface area contributed by atoms with Crippen LogP contribution < -0.4 is 5.32 Å². The number of carbonyl (C=O) groups is 3. The van der Waals surface area contributed by atoms with E-state index in [0.29, 0.717) is 10.8 Å². The summed E-state index contributed by atoms with van der Waals surface area (Å²) in [5.74, 6) is -1.52. The number of fused-ring (bicyclic) bond motifs is 1. The topological polar surface area (TPSA) is 104 Å². The smallest absolute Gasteiger partial charge is 0.269 e. The predicted molar refractivity (Wildman–Crippen MR) is 127 cm³/mol. The zero-order valence-corrected chi connectivity index (χ0v) is 21.0. The van der Waals surface area contributed by atoms with Gasteiger partial charge in [0.15, 0.2) is 0 Å². The first-order valence-corrected chi connectivity index (χ1v) is 12.7. The standard InChI is InChI=1S/C23H26BrN3O5S/c1-15(2)12-25-22(29)16(3)26(13-17-8-10-18(24)11-9-17)21(28)14-27-23(30)19-6-4-5-7-20(19)33(27,31)32/h4-11,15-16H,12-14H2,1-3H3,(H,25,29)/t16-/m0/s1. The van der Waals surface area contributed by atoms with Crippen LogP contribution in [0.15, 0.2) is 57.9 Å². The summed E-state index contributed by atoms with van der Waals surface area (Å²) in [6.45, 7) is 5.33. The van der Waals surface area contributed by atoms with Crippen molar-refractivity contribution < 1.29 is 22.8 Å². The van der Waals surface area contributed by atoms with Crippen molar-refractivity contribution >= 4 is 43.7 Å². The molecule has 2 aromatic rings. The number of nitrogens with zero attached hydrogens (tertiary/aromatic N) is 2. The molecule has 33 heavy (non-hydrogen) atoms. The zero-order valence-electron chi connectivity index (χ0n) is 18.6. The Morgan fingerprint density at radius 1 is 1.06 bits per heavy atom. The van der Waals surface area contributed by atoms with Crippen molar-refractivity contribution in [2.75, 3.05) is 13.1 Å². The Balaban J connectivity index is 1.86. The van der Waals surface area contributed by atoms with Crippen molar-refractivity contribution in [1.82, 2.24) is 14.5 Å². The molecule has 0 bridgehead atoms. The summed E-state index contributed by atoms with van der Waals surface area (Å²) in [6, 6.07) is 12.2. The van der Waals surface area contributed by atoms with Gasteiger partial charge in [0.2, 0.25) is 11.8 Å². The molecule has 0 radical (unpaired) electrons. The molecule has 1 heterocycles. The molecular formula is C23H26BrN3O5S. The monoisotopic (exact) mass is 535 g/mol. The number of hydrogen-bond donors (Lipinski definition) is 1. The lowest BCUT2D eigenvalue weighted by atomic mass is 10.1.